The summed E-state index contributed by atoms with van der Waals surface area (Å²) in [6, 6.07) is 9.79. The highest BCUT2D eigenvalue weighted by atomic mass is 32.2. The second kappa shape index (κ2) is 8.96. The molecular weight excluding hydrogens is 371 g/mol. The first-order valence-corrected chi connectivity index (χ1v) is 9.95. The quantitative estimate of drug-likeness (QED) is 0.743. The van der Waals surface area contributed by atoms with Crippen LogP contribution in [0.1, 0.15) is 30.1 Å². The van der Waals surface area contributed by atoms with Gasteiger partial charge in [0.2, 0.25) is 10.0 Å². The zero-order chi connectivity index (χ0) is 20.0. The topological polar surface area (TPSA) is 75.7 Å². The molecular formula is C19H23FN2O4S. The molecule has 0 radical (unpaired) electrons. The van der Waals surface area contributed by atoms with Crippen LogP contribution in [-0.4, -0.2) is 39.3 Å². The van der Waals surface area contributed by atoms with E-state index < -0.39 is 21.7 Å². The molecule has 0 aliphatic rings. The Morgan fingerprint density at radius 2 is 1.96 bits per heavy atom. The molecule has 1 amide bonds. The SMILES string of the molecule is CCCCN(C)S(=O)(=O)c1ccc(F)c(C(=O)Nc2cccc(OC)c2)c1. The minimum absolute atomic E-state index is 0.127. The summed E-state index contributed by atoms with van der Waals surface area (Å²) in [7, 11) is -0.848. The van der Waals surface area contributed by atoms with E-state index in [0.29, 0.717) is 24.4 Å². The molecule has 146 valence electrons. The summed E-state index contributed by atoms with van der Waals surface area (Å²) >= 11 is 0. The van der Waals surface area contributed by atoms with Crippen molar-refractivity contribution >= 4 is 21.6 Å². The van der Waals surface area contributed by atoms with Gasteiger partial charge in [-0.25, -0.2) is 17.1 Å². The van der Waals surface area contributed by atoms with Crippen molar-refractivity contribution in [3.05, 3.63) is 53.8 Å². The summed E-state index contributed by atoms with van der Waals surface area (Å²) in [6.45, 7) is 2.31. The molecule has 0 bridgehead atoms. The third kappa shape index (κ3) is 5.05. The van der Waals surface area contributed by atoms with E-state index in [1.807, 2.05) is 6.92 Å². The van der Waals surface area contributed by atoms with Crippen LogP contribution in [0.15, 0.2) is 47.4 Å². The van der Waals surface area contributed by atoms with Gasteiger partial charge < -0.3 is 10.1 Å². The van der Waals surface area contributed by atoms with Crippen LogP contribution in [0.5, 0.6) is 5.75 Å². The first kappa shape index (κ1) is 20.9. The number of methoxy groups -OCH3 is 1. The Balaban J connectivity index is 2.29. The first-order valence-electron chi connectivity index (χ1n) is 8.51. The summed E-state index contributed by atoms with van der Waals surface area (Å²) < 4.78 is 45.7. The third-order valence-electron chi connectivity index (χ3n) is 4.04. The number of unbranched alkanes of at least 4 members (excludes halogenated alkanes) is 1. The van der Waals surface area contributed by atoms with E-state index >= 15 is 0 Å². The van der Waals surface area contributed by atoms with Crippen molar-refractivity contribution in [3.63, 3.8) is 0 Å². The van der Waals surface area contributed by atoms with E-state index in [9.17, 15) is 17.6 Å². The average molecular weight is 394 g/mol. The first-order chi connectivity index (χ1) is 12.8. The Bertz CT molecular complexity index is 916. The molecule has 8 heteroatoms. The van der Waals surface area contributed by atoms with Crippen molar-refractivity contribution in [2.24, 2.45) is 0 Å². The predicted molar refractivity (Wildman–Crippen MR) is 102 cm³/mol. The van der Waals surface area contributed by atoms with Gasteiger partial charge in [-0.15, -0.1) is 0 Å². The zero-order valence-corrected chi connectivity index (χ0v) is 16.3. The van der Waals surface area contributed by atoms with Crippen molar-refractivity contribution in [3.8, 4) is 5.75 Å². The van der Waals surface area contributed by atoms with E-state index in [0.717, 1.165) is 24.6 Å². The number of halogens is 1. The molecule has 27 heavy (non-hydrogen) atoms. The van der Waals surface area contributed by atoms with Gasteiger partial charge in [-0.2, -0.15) is 0 Å². The Morgan fingerprint density at radius 1 is 1.22 bits per heavy atom. The summed E-state index contributed by atoms with van der Waals surface area (Å²) in [5.41, 5.74) is 0.0647. The minimum atomic E-state index is -3.80. The number of carbonyl (C=O) groups is 1. The molecule has 0 aromatic heterocycles. The van der Waals surface area contributed by atoms with Crippen LogP contribution in [0.2, 0.25) is 0 Å². The lowest BCUT2D eigenvalue weighted by Gasteiger charge is -2.17. The van der Waals surface area contributed by atoms with Gasteiger partial charge in [0, 0.05) is 25.3 Å². The van der Waals surface area contributed by atoms with Crippen LogP contribution in [0, 0.1) is 5.82 Å². The highest BCUT2D eigenvalue weighted by Gasteiger charge is 2.23. The zero-order valence-electron chi connectivity index (χ0n) is 15.5. The van der Waals surface area contributed by atoms with Crippen molar-refractivity contribution in [1.82, 2.24) is 4.31 Å². The summed E-state index contributed by atoms with van der Waals surface area (Å²) in [5, 5.41) is 2.55. The summed E-state index contributed by atoms with van der Waals surface area (Å²) in [4.78, 5) is 12.3. The maximum Gasteiger partial charge on any atom is 0.258 e. The Labute approximate surface area is 159 Å². The number of rotatable bonds is 8. The average Bonchev–Trinajstić information content (AvgIpc) is 2.66. The fraction of sp³-hybridized carbons (Fsp3) is 0.316. The van der Waals surface area contributed by atoms with Gasteiger partial charge in [0.15, 0.2) is 0 Å². The number of hydrogen-bond acceptors (Lipinski definition) is 4. The summed E-state index contributed by atoms with van der Waals surface area (Å²) in [6.07, 6.45) is 1.55. The van der Waals surface area contributed by atoms with E-state index in [1.165, 1.54) is 18.5 Å². The Morgan fingerprint density at radius 3 is 2.63 bits per heavy atom. The molecule has 0 unspecified atom stereocenters. The van der Waals surface area contributed by atoms with Gasteiger partial charge in [0.1, 0.15) is 11.6 Å². The molecule has 0 atom stereocenters. The maximum absolute atomic E-state index is 14.2. The van der Waals surface area contributed by atoms with Gasteiger partial charge in [-0.3, -0.25) is 4.79 Å². The minimum Gasteiger partial charge on any atom is -0.497 e. The van der Waals surface area contributed by atoms with Crippen LogP contribution in [0.4, 0.5) is 10.1 Å². The predicted octanol–water partition coefficient (Wildman–Crippen LogP) is 3.51. The van der Waals surface area contributed by atoms with Crippen LogP contribution >= 0.6 is 0 Å². The molecule has 0 fully saturated rings. The van der Waals surface area contributed by atoms with E-state index in [1.54, 1.807) is 24.3 Å². The fourth-order valence-corrected chi connectivity index (χ4v) is 3.66. The van der Waals surface area contributed by atoms with Gasteiger partial charge in [0.25, 0.3) is 5.91 Å². The maximum atomic E-state index is 14.2. The Hall–Kier alpha value is -2.45. The summed E-state index contributed by atoms with van der Waals surface area (Å²) in [5.74, 6) is -1.01. The lowest BCUT2D eigenvalue weighted by atomic mass is 10.2. The number of ether oxygens (including phenoxy) is 1. The van der Waals surface area contributed by atoms with Crippen molar-refractivity contribution in [1.29, 1.82) is 0 Å². The van der Waals surface area contributed by atoms with Crippen molar-refractivity contribution in [2.75, 3.05) is 26.0 Å². The number of benzene rings is 2. The standard InChI is InChI=1S/C19H23FN2O4S/c1-4-5-11-22(2)27(24,25)16-9-10-18(20)17(13-16)19(23)21-14-7-6-8-15(12-14)26-3/h6-10,12-13H,4-5,11H2,1-3H3,(H,21,23). The number of amides is 1. The molecule has 2 aromatic carbocycles. The van der Waals surface area contributed by atoms with Crippen LogP contribution in [0.3, 0.4) is 0 Å². The fourth-order valence-electron chi connectivity index (χ4n) is 2.42. The molecule has 6 nitrogen and oxygen atoms in total. The number of nitrogens with one attached hydrogen (secondary N) is 1. The molecule has 2 aromatic rings. The number of carbonyl (C=O) groups excluding carboxylic acids is 1. The molecule has 0 spiro atoms. The largest absolute Gasteiger partial charge is 0.497 e. The van der Waals surface area contributed by atoms with Crippen molar-refractivity contribution in [2.45, 2.75) is 24.7 Å². The monoisotopic (exact) mass is 394 g/mol. The number of hydrogen-bond donors (Lipinski definition) is 1. The second-order valence-corrected chi connectivity index (χ2v) is 8.05. The lowest BCUT2D eigenvalue weighted by molar-refractivity contribution is 0.102. The van der Waals surface area contributed by atoms with E-state index in [-0.39, 0.29) is 10.5 Å². The Kier molecular flexibility index (Phi) is 6.92. The normalized spacial score (nSPS) is 11.4. The van der Waals surface area contributed by atoms with Crippen LogP contribution < -0.4 is 10.1 Å². The van der Waals surface area contributed by atoms with E-state index in [2.05, 4.69) is 5.32 Å². The van der Waals surface area contributed by atoms with Gasteiger partial charge in [-0.1, -0.05) is 19.4 Å². The molecule has 0 saturated heterocycles. The molecule has 0 aliphatic carbocycles. The van der Waals surface area contributed by atoms with Crippen LogP contribution in [-0.2, 0) is 10.0 Å². The molecule has 1 N–H and O–H groups in total. The number of sulfonamides is 1. The lowest BCUT2D eigenvalue weighted by Crippen LogP contribution is -2.28. The number of anilines is 1. The second-order valence-electron chi connectivity index (χ2n) is 6.01. The molecule has 2 rings (SSSR count). The third-order valence-corrected chi connectivity index (χ3v) is 5.90. The van der Waals surface area contributed by atoms with Gasteiger partial charge >= 0.3 is 0 Å². The molecule has 0 aliphatic heterocycles. The van der Waals surface area contributed by atoms with Crippen LogP contribution in [0.25, 0.3) is 0 Å². The highest BCUT2D eigenvalue weighted by Crippen LogP contribution is 2.21. The number of nitrogens with zero attached hydrogens (tertiary/aromatic N) is 1. The van der Waals surface area contributed by atoms with Gasteiger partial charge in [0.05, 0.1) is 17.6 Å². The molecule has 0 saturated carbocycles. The van der Waals surface area contributed by atoms with E-state index in [4.69, 9.17) is 4.74 Å². The smallest absolute Gasteiger partial charge is 0.258 e. The van der Waals surface area contributed by atoms with Gasteiger partial charge in [-0.05, 0) is 36.8 Å². The van der Waals surface area contributed by atoms with Crippen molar-refractivity contribution < 1.29 is 22.3 Å². The highest BCUT2D eigenvalue weighted by molar-refractivity contribution is 7.89. The molecule has 0 heterocycles.